The van der Waals surface area contributed by atoms with E-state index in [0.29, 0.717) is 6.42 Å². The quantitative estimate of drug-likeness (QED) is 0.624. The summed E-state index contributed by atoms with van der Waals surface area (Å²) in [6, 6.07) is 0.282. The summed E-state index contributed by atoms with van der Waals surface area (Å²) in [5.74, 6) is 0.274. The van der Waals surface area contributed by atoms with Crippen LogP contribution >= 0.6 is 23.4 Å². The van der Waals surface area contributed by atoms with Crippen LogP contribution in [-0.2, 0) is 4.79 Å². The Hall–Kier alpha value is 0.110. The van der Waals surface area contributed by atoms with E-state index >= 15 is 0 Å². The highest BCUT2D eigenvalue weighted by Crippen LogP contribution is 2.53. The molecule has 0 unspecified atom stereocenters. The predicted octanol–water partition coefficient (Wildman–Crippen LogP) is 3.24. The SMILES string of the molecule is CC1(C)SC(C)(C)N2C(=O)CC[C@@H](Cl)C[C@@H]21. The Bertz CT molecular complexity index is 316. The van der Waals surface area contributed by atoms with Crippen molar-refractivity contribution >= 4 is 29.3 Å². The van der Waals surface area contributed by atoms with E-state index in [-0.39, 0.29) is 26.9 Å². The first-order valence-electron chi connectivity index (χ1n) is 5.90. The second-order valence-electron chi connectivity index (χ2n) is 5.80. The van der Waals surface area contributed by atoms with Crippen molar-refractivity contribution in [1.82, 2.24) is 4.90 Å². The molecule has 0 bridgehead atoms. The fourth-order valence-corrected chi connectivity index (χ4v) is 5.30. The molecule has 0 aromatic heterocycles. The molecule has 4 heteroatoms. The van der Waals surface area contributed by atoms with Crippen LogP contribution < -0.4 is 0 Å². The number of carbonyl (C=O) groups is 1. The summed E-state index contributed by atoms with van der Waals surface area (Å²) in [5, 5.41) is 0.146. The van der Waals surface area contributed by atoms with Gasteiger partial charge in [-0.25, -0.2) is 0 Å². The molecule has 16 heavy (non-hydrogen) atoms. The minimum Gasteiger partial charge on any atom is -0.324 e. The summed E-state index contributed by atoms with van der Waals surface area (Å²) in [6.45, 7) is 8.75. The maximum absolute atomic E-state index is 12.2. The van der Waals surface area contributed by atoms with Gasteiger partial charge in [-0.2, -0.15) is 0 Å². The van der Waals surface area contributed by atoms with Crippen molar-refractivity contribution in [1.29, 1.82) is 0 Å². The zero-order valence-corrected chi connectivity index (χ0v) is 12.0. The van der Waals surface area contributed by atoms with E-state index in [9.17, 15) is 4.79 Å². The lowest BCUT2D eigenvalue weighted by molar-refractivity contribution is -0.135. The van der Waals surface area contributed by atoms with Crippen molar-refractivity contribution in [2.75, 3.05) is 0 Å². The number of amides is 1. The predicted molar refractivity (Wildman–Crippen MR) is 69.9 cm³/mol. The number of thioether (sulfide) groups is 1. The Morgan fingerprint density at radius 2 is 2.00 bits per heavy atom. The highest BCUT2D eigenvalue weighted by Gasteiger charge is 2.54. The van der Waals surface area contributed by atoms with Crippen LogP contribution in [0, 0.1) is 0 Å². The van der Waals surface area contributed by atoms with Gasteiger partial charge in [-0.05, 0) is 40.5 Å². The number of fused-ring (bicyclic) bond motifs is 1. The maximum atomic E-state index is 12.2. The smallest absolute Gasteiger partial charge is 0.224 e. The molecule has 0 N–H and O–H groups in total. The van der Waals surface area contributed by atoms with E-state index < -0.39 is 0 Å². The van der Waals surface area contributed by atoms with Crippen molar-refractivity contribution in [3.05, 3.63) is 0 Å². The number of hydrogen-bond donors (Lipinski definition) is 0. The molecule has 0 saturated carbocycles. The molecule has 2 heterocycles. The summed E-state index contributed by atoms with van der Waals surface area (Å²) in [4.78, 5) is 14.2. The molecule has 2 aliphatic heterocycles. The van der Waals surface area contributed by atoms with E-state index in [1.807, 2.05) is 11.8 Å². The van der Waals surface area contributed by atoms with Gasteiger partial charge in [0, 0.05) is 22.6 Å². The average Bonchev–Trinajstić information content (AvgIpc) is 2.25. The number of alkyl halides is 1. The molecule has 92 valence electrons. The lowest BCUT2D eigenvalue weighted by atomic mass is 9.96. The van der Waals surface area contributed by atoms with E-state index in [1.165, 1.54) is 0 Å². The van der Waals surface area contributed by atoms with Gasteiger partial charge >= 0.3 is 0 Å². The largest absolute Gasteiger partial charge is 0.324 e. The van der Waals surface area contributed by atoms with Gasteiger partial charge in [-0.1, -0.05) is 0 Å². The molecule has 2 fully saturated rings. The third-order valence-corrected chi connectivity index (χ3v) is 5.52. The van der Waals surface area contributed by atoms with Crippen molar-refractivity contribution in [3.63, 3.8) is 0 Å². The van der Waals surface area contributed by atoms with Crippen molar-refractivity contribution < 1.29 is 4.79 Å². The molecule has 0 aliphatic carbocycles. The third-order valence-electron chi connectivity index (χ3n) is 3.63. The van der Waals surface area contributed by atoms with Gasteiger partial charge in [0.25, 0.3) is 0 Å². The van der Waals surface area contributed by atoms with Crippen LogP contribution in [0.25, 0.3) is 0 Å². The zero-order valence-electron chi connectivity index (χ0n) is 10.4. The van der Waals surface area contributed by atoms with Crippen molar-refractivity contribution in [3.8, 4) is 0 Å². The number of rotatable bonds is 0. The van der Waals surface area contributed by atoms with Crippen LogP contribution in [0.1, 0.15) is 47.0 Å². The lowest BCUT2D eigenvalue weighted by Crippen LogP contribution is -2.48. The highest BCUT2D eigenvalue weighted by atomic mass is 35.5. The Labute approximate surface area is 107 Å². The Morgan fingerprint density at radius 3 is 2.62 bits per heavy atom. The van der Waals surface area contributed by atoms with Crippen LogP contribution in [0.5, 0.6) is 0 Å². The first-order chi connectivity index (χ1) is 7.24. The van der Waals surface area contributed by atoms with Crippen LogP contribution in [0.15, 0.2) is 0 Å². The Kier molecular flexibility index (Phi) is 2.99. The molecule has 0 aromatic carbocycles. The van der Waals surface area contributed by atoms with Gasteiger partial charge < -0.3 is 4.90 Å². The van der Waals surface area contributed by atoms with Gasteiger partial charge in [-0.15, -0.1) is 23.4 Å². The average molecular weight is 262 g/mol. The fraction of sp³-hybridized carbons (Fsp3) is 0.917. The number of nitrogens with zero attached hydrogens (tertiary/aromatic N) is 1. The highest BCUT2D eigenvalue weighted by molar-refractivity contribution is 8.02. The normalized spacial score (nSPS) is 37.1. The lowest BCUT2D eigenvalue weighted by Gasteiger charge is -2.34. The van der Waals surface area contributed by atoms with Crippen molar-refractivity contribution in [2.45, 2.75) is 68.0 Å². The van der Waals surface area contributed by atoms with Gasteiger partial charge in [0.15, 0.2) is 0 Å². The minimum atomic E-state index is -0.0911. The number of halogens is 1. The van der Waals surface area contributed by atoms with Crippen LogP contribution in [0.4, 0.5) is 0 Å². The first kappa shape index (κ1) is 12.6. The molecule has 2 rings (SSSR count). The number of hydrogen-bond acceptors (Lipinski definition) is 2. The van der Waals surface area contributed by atoms with Crippen LogP contribution in [0.3, 0.4) is 0 Å². The summed E-state index contributed by atoms with van der Waals surface area (Å²) in [6.07, 6.45) is 2.35. The second-order valence-corrected chi connectivity index (χ2v) is 8.68. The van der Waals surface area contributed by atoms with Gasteiger partial charge in [0.2, 0.25) is 5.91 Å². The molecular weight excluding hydrogens is 242 g/mol. The zero-order chi connectivity index (χ0) is 12.1. The van der Waals surface area contributed by atoms with Crippen LogP contribution in [-0.4, -0.2) is 31.8 Å². The minimum absolute atomic E-state index is 0.0911. The first-order valence-corrected chi connectivity index (χ1v) is 7.16. The van der Waals surface area contributed by atoms with Gasteiger partial charge in [0.05, 0.1) is 4.87 Å². The van der Waals surface area contributed by atoms with Crippen LogP contribution in [0.2, 0.25) is 0 Å². The summed E-state index contributed by atoms with van der Waals surface area (Å²) < 4.78 is 0.108. The molecule has 2 aliphatic rings. The Morgan fingerprint density at radius 1 is 1.38 bits per heavy atom. The van der Waals surface area contributed by atoms with E-state index in [0.717, 1.165) is 12.8 Å². The molecule has 0 spiro atoms. The standard InChI is InChI=1S/C12H20ClNOS/c1-11(2)9-7-8(13)5-6-10(15)14(9)12(3,4)16-11/h8-9H,5-7H2,1-4H3/t8-,9-/m1/s1. The Balaban J connectivity index is 2.37. The molecule has 0 aromatic rings. The van der Waals surface area contributed by atoms with E-state index in [2.05, 4.69) is 32.6 Å². The molecule has 2 nitrogen and oxygen atoms in total. The van der Waals surface area contributed by atoms with E-state index in [1.54, 1.807) is 0 Å². The number of carbonyl (C=O) groups excluding carboxylic acids is 1. The summed E-state index contributed by atoms with van der Waals surface area (Å²) in [7, 11) is 0. The van der Waals surface area contributed by atoms with Gasteiger partial charge in [-0.3, -0.25) is 4.79 Å². The van der Waals surface area contributed by atoms with Crippen molar-refractivity contribution in [2.24, 2.45) is 0 Å². The molecule has 1 amide bonds. The van der Waals surface area contributed by atoms with Gasteiger partial charge in [0.1, 0.15) is 0 Å². The summed E-state index contributed by atoms with van der Waals surface area (Å²) in [5.41, 5.74) is 0. The topological polar surface area (TPSA) is 20.3 Å². The monoisotopic (exact) mass is 261 g/mol. The molecule has 2 saturated heterocycles. The van der Waals surface area contributed by atoms with E-state index in [4.69, 9.17) is 11.6 Å². The fourth-order valence-electron chi connectivity index (χ4n) is 3.07. The summed E-state index contributed by atoms with van der Waals surface area (Å²) >= 11 is 8.18. The molecular formula is C12H20ClNOS. The second kappa shape index (κ2) is 3.81. The molecule has 2 atom stereocenters. The maximum Gasteiger partial charge on any atom is 0.224 e. The molecule has 0 radical (unpaired) electrons. The third kappa shape index (κ3) is 1.97.